The zero-order valence-corrected chi connectivity index (χ0v) is 14.8. The van der Waals surface area contributed by atoms with E-state index in [0.717, 1.165) is 18.4 Å². The molecule has 138 valence electrons. The summed E-state index contributed by atoms with van der Waals surface area (Å²) < 4.78 is 0. The maximum atomic E-state index is 12.2. The summed E-state index contributed by atoms with van der Waals surface area (Å²) in [5.74, 6) is 0.00713. The van der Waals surface area contributed by atoms with E-state index in [4.69, 9.17) is 0 Å². The first-order valence-electron chi connectivity index (χ1n) is 8.83. The lowest BCUT2D eigenvalue weighted by Crippen LogP contribution is -2.45. The minimum Gasteiger partial charge on any atom is -0.370 e. The molecule has 0 unspecified atom stereocenters. The number of hydrogen-bond acceptors (Lipinski definition) is 5. The molecule has 2 aromatic rings. The molecule has 1 N–H and O–H groups in total. The molecule has 1 amide bonds. The highest BCUT2D eigenvalue weighted by molar-refractivity contribution is 5.78. The molecule has 1 aliphatic rings. The van der Waals surface area contributed by atoms with Crippen molar-refractivity contribution < 1.29 is 9.72 Å². The van der Waals surface area contributed by atoms with E-state index in [1.54, 1.807) is 6.07 Å². The van der Waals surface area contributed by atoms with Crippen molar-refractivity contribution >= 4 is 17.3 Å². The van der Waals surface area contributed by atoms with Gasteiger partial charge in [0.05, 0.1) is 22.6 Å². The van der Waals surface area contributed by atoms with Crippen molar-refractivity contribution in [3.8, 4) is 6.07 Å². The molecule has 0 aliphatic carbocycles. The van der Waals surface area contributed by atoms with Crippen LogP contribution in [-0.4, -0.2) is 30.0 Å². The van der Waals surface area contributed by atoms with E-state index in [1.807, 2.05) is 41.3 Å². The van der Waals surface area contributed by atoms with Crippen molar-refractivity contribution in [3.63, 3.8) is 0 Å². The van der Waals surface area contributed by atoms with Crippen molar-refractivity contribution in [1.82, 2.24) is 5.32 Å². The smallest absolute Gasteiger partial charge is 0.270 e. The van der Waals surface area contributed by atoms with E-state index in [0.29, 0.717) is 30.8 Å². The van der Waals surface area contributed by atoms with Crippen LogP contribution in [0, 0.1) is 21.4 Å². The van der Waals surface area contributed by atoms with Gasteiger partial charge in [0.2, 0.25) is 5.91 Å². The summed E-state index contributed by atoms with van der Waals surface area (Å²) in [5, 5.41) is 23.3. The zero-order chi connectivity index (χ0) is 19.2. The van der Waals surface area contributed by atoms with Crippen molar-refractivity contribution in [1.29, 1.82) is 5.26 Å². The summed E-state index contributed by atoms with van der Waals surface area (Å²) >= 11 is 0. The molecule has 0 radical (unpaired) electrons. The predicted octanol–water partition coefficient (Wildman–Crippen LogP) is 2.79. The van der Waals surface area contributed by atoms with Gasteiger partial charge in [0.25, 0.3) is 5.69 Å². The lowest BCUT2D eigenvalue weighted by molar-refractivity contribution is -0.384. The Balaban J connectivity index is 1.57. The fraction of sp³-hybridized carbons (Fsp3) is 0.300. The van der Waals surface area contributed by atoms with Gasteiger partial charge in [-0.05, 0) is 24.5 Å². The maximum absolute atomic E-state index is 12.2. The van der Waals surface area contributed by atoms with Crippen LogP contribution in [-0.2, 0) is 11.2 Å². The first-order valence-corrected chi connectivity index (χ1v) is 8.83. The molecule has 0 bridgehead atoms. The summed E-state index contributed by atoms with van der Waals surface area (Å²) in [4.78, 5) is 24.6. The van der Waals surface area contributed by atoms with Crippen molar-refractivity contribution in [3.05, 3.63) is 69.8 Å². The largest absolute Gasteiger partial charge is 0.370 e. The second-order valence-corrected chi connectivity index (χ2v) is 6.56. The molecule has 27 heavy (non-hydrogen) atoms. The van der Waals surface area contributed by atoms with Crippen LogP contribution in [0.4, 0.5) is 11.4 Å². The maximum Gasteiger partial charge on any atom is 0.270 e. The first kappa shape index (κ1) is 18.4. The third kappa shape index (κ3) is 4.61. The summed E-state index contributed by atoms with van der Waals surface area (Å²) in [6.07, 6.45) is 1.90. The number of nitro groups is 1. The molecule has 2 aromatic carbocycles. The number of rotatable bonds is 5. The van der Waals surface area contributed by atoms with Crippen molar-refractivity contribution in [2.24, 2.45) is 0 Å². The van der Waals surface area contributed by atoms with Crippen LogP contribution in [0.3, 0.4) is 0 Å². The number of piperidine rings is 1. The molecule has 1 heterocycles. The fourth-order valence-corrected chi connectivity index (χ4v) is 3.33. The molecule has 0 saturated carbocycles. The van der Waals surface area contributed by atoms with Gasteiger partial charge in [-0.25, -0.2) is 0 Å². The average molecular weight is 364 g/mol. The number of hydrogen-bond donors (Lipinski definition) is 1. The second-order valence-electron chi connectivity index (χ2n) is 6.56. The Morgan fingerprint density at radius 2 is 1.93 bits per heavy atom. The van der Waals surface area contributed by atoms with Crippen LogP contribution in [0.5, 0.6) is 0 Å². The summed E-state index contributed by atoms with van der Waals surface area (Å²) in [6.45, 7) is 1.37. The van der Waals surface area contributed by atoms with E-state index in [2.05, 4.69) is 5.32 Å². The molecular formula is C20H20N4O3. The fourth-order valence-electron chi connectivity index (χ4n) is 3.33. The number of amides is 1. The predicted molar refractivity (Wildman–Crippen MR) is 101 cm³/mol. The minimum absolute atomic E-state index is 0.00713. The van der Waals surface area contributed by atoms with Crippen LogP contribution in [0.1, 0.15) is 24.0 Å². The van der Waals surface area contributed by atoms with Gasteiger partial charge in [0.1, 0.15) is 6.07 Å². The van der Waals surface area contributed by atoms with Gasteiger partial charge in [-0.15, -0.1) is 0 Å². The van der Waals surface area contributed by atoms with Crippen LogP contribution >= 0.6 is 0 Å². The van der Waals surface area contributed by atoms with Crippen molar-refractivity contribution in [2.75, 3.05) is 18.0 Å². The molecule has 0 atom stereocenters. The summed E-state index contributed by atoms with van der Waals surface area (Å²) in [6, 6.07) is 16.1. The molecule has 0 spiro atoms. The van der Waals surface area contributed by atoms with Gasteiger partial charge in [-0.2, -0.15) is 5.26 Å². The van der Waals surface area contributed by atoms with E-state index in [-0.39, 0.29) is 17.6 Å². The van der Waals surface area contributed by atoms with E-state index < -0.39 is 4.92 Å². The Kier molecular flexibility index (Phi) is 5.67. The third-order valence-electron chi connectivity index (χ3n) is 4.72. The van der Waals surface area contributed by atoms with Gasteiger partial charge in [0.15, 0.2) is 0 Å². The van der Waals surface area contributed by atoms with Gasteiger partial charge in [-0.3, -0.25) is 14.9 Å². The quantitative estimate of drug-likeness (QED) is 0.650. The standard InChI is InChI=1S/C20H20N4O3/c21-14-16-13-18(24(26)27)6-7-19(16)23-10-8-17(9-11-23)22-20(25)12-15-4-2-1-3-5-15/h1-7,13,17H,8-12H2,(H,22,25). The lowest BCUT2D eigenvalue weighted by atomic mass is 10.0. The molecule has 7 nitrogen and oxygen atoms in total. The Hall–Kier alpha value is -3.40. The number of benzene rings is 2. The van der Waals surface area contributed by atoms with Crippen LogP contribution in [0.2, 0.25) is 0 Å². The van der Waals surface area contributed by atoms with Crippen LogP contribution in [0.15, 0.2) is 48.5 Å². The molecule has 7 heteroatoms. The normalized spacial score (nSPS) is 14.4. The molecule has 1 saturated heterocycles. The number of nitrogens with one attached hydrogen (secondary N) is 1. The Bertz CT molecular complexity index is 869. The molecule has 1 fully saturated rings. The molecular weight excluding hydrogens is 344 g/mol. The number of carbonyl (C=O) groups is 1. The van der Waals surface area contributed by atoms with E-state index >= 15 is 0 Å². The number of nitro benzene ring substituents is 1. The summed E-state index contributed by atoms with van der Waals surface area (Å²) in [5.41, 5.74) is 1.91. The highest BCUT2D eigenvalue weighted by atomic mass is 16.6. The monoisotopic (exact) mass is 364 g/mol. The Labute approximate surface area is 157 Å². The molecule has 1 aliphatic heterocycles. The number of nitrogens with zero attached hydrogens (tertiary/aromatic N) is 3. The van der Waals surface area contributed by atoms with Crippen molar-refractivity contribution in [2.45, 2.75) is 25.3 Å². The highest BCUT2D eigenvalue weighted by Crippen LogP contribution is 2.27. The lowest BCUT2D eigenvalue weighted by Gasteiger charge is -2.34. The Morgan fingerprint density at radius 1 is 1.22 bits per heavy atom. The number of carbonyl (C=O) groups excluding carboxylic acids is 1. The first-order chi connectivity index (χ1) is 13.1. The second kappa shape index (κ2) is 8.32. The molecule has 0 aromatic heterocycles. The number of non-ortho nitro benzene ring substituents is 1. The average Bonchev–Trinajstić information content (AvgIpc) is 2.68. The minimum atomic E-state index is -0.501. The van der Waals surface area contributed by atoms with Crippen LogP contribution in [0.25, 0.3) is 0 Å². The van der Waals surface area contributed by atoms with Crippen LogP contribution < -0.4 is 10.2 Å². The number of anilines is 1. The number of nitriles is 1. The van der Waals surface area contributed by atoms with Gasteiger partial charge < -0.3 is 10.2 Å². The van der Waals surface area contributed by atoms with Gasteiger partial charge in [0, 0.05) is 31.3 Å². The summed E-state index contributed by atoms with van der Waals surface area (Å²) in [7, 11) is 0. The highest BCUT2D eigenvalue weighted by Gasteiger charge is 2.23. The Morgan fingerprint density at radius 3 is 2.56 bits per heavy atom. The zero-order valence-electron chi connectivity index (χ0n) is 14.8. The van der Waals surface area contributed by atoms with E-state index in [1.165, 1.54) is 12.1 Å². The SMILES string of the molecule is N#Cc1cc([N+](=O)[O-])ccc1N1CCC(NC(=O)Cc2ccccc2)CC1. The van der Waals surface area contributed by atoms with Gasteiger partial charge >= 0.3 is 0 Å². The molecule has 3 rings (SSSR count). The third-order valence-corrected chi connectivity index (χ3v) is 4.72. The topological polar surface area (TPSA) is 99.3 Å². The van der Waals surface area contributed by atoms with E-state index in [9.17, 15) is 20.2 Å². The van der Waals surface area contributed by atoms with Gasteiger partial charge in [-0.1, -0.05) is 30.3 Å².